The number of aromatic amines is 2. The molecule has 6 aromatic rings. The van der Waals surface area contributed by atoms with Crippen molar-refractivity contribution in [2.75, 3.05) is 18.4 Å². The number of hydrogen-bond donors (Lipinski definition) is 5. The van der Waals surface area contributed by atoms with E-state index in [0.717, 1.165) is 54.0 Å². The number of phenols is 1. The Morgan fingerprint density at radius 2 is 1.90 bits per heavy atom. The van der Waals surface area contributed by atoms with Gasteiger partial charge in [0.05, 0.1) is 17.4 Å². The Morgan fingerprint density at radius 1 is 1.02 bits per heavy atom. The van der Waals surface area contributed by atoms with Crippen LogP contribution < -0.4 is 10.6 Å². The van der Waals surface area contributed by atoms with Gasteiger partial charge in [-0.15, -0.1) is 0 Å². The summed E-state index contributed by atoms with van der Waals surface area (Å²) in [5.41, 5.74) is 5.97. The van der Waals surface area contributed by atoms with E-state index in [-0.39, 0.29) is 11.7 Å². The lowest BCUT2D eigenvalue weighted by Gasteiger charge is -2.21. The lowest BCUT2D eigenvalue weighted by atomic mass is 9.94. The van der Waals surface area contributed by atoms with Crippen molar-refractivity contribution in [1.29, 1.82) is 0 Å². The molecule has 210 valence electrons. The van der Waals surface area contributed by atoms with E-state index in [1.165, 1.54) is 12.1 Å². The number of nitrogens with one attached hydrogen (secondary N) is 4. The summed E-state index contributed by atoms with van der Waals surface area (Å²) in [5.74, 6) is 0.175. The Kier molecular flexibility index (Phi) is 6.55. The number of piperidine rings is 1. The molecule has 0 radical (unpaired) electrons. The minimum absolute atomic E-state index is 0.000240. The second-order valence-electron chi connectivity index (χ2n) is 10.6. The Balaban J connectivity index is 1.20. The van der Waals surface area contributed by atoms with Crippen LogP contribution in [-0.2, 0) is 4.79 Å². The molecule has 5 heterocycles. The molecule has 0 unspecified atom stereocenters. The van der Waals surface area contributed by atoms with Gasteiger partial charge in [-0.25, -0.2) is 14.4 Å². The highest BCUT2D eigenvalue weighted by molar-refractivity contribution is 5.98. The molecule has 2 aromatic carbocycles. The molecule has 1 amide bonds. The average molecular weight is 563 g/mol. The molecule has 42 heavy (non-hydrogen) atoms. The topological polar surface area (TPSA) is 144 Å². The van der Waals surface area contributed by atoms with Crippen LogP contribution in [0.4, 0.5) is 10.1 Å². The van der Waals surface area contributed by atoms with Crippen molar-refractivity contribution >= 4 is 33.7 Å². The summed E-state index contributed by atoms with van der Waals surface area (Å²) in [5, 5.41) is 24.7. The lowest BCUT2D eigenvalue weighted by molar-refractivity contribution is -0.117. The molecule has 0 saturated carbocycles. The smallest absolute Gasteiger partial charge is 0.224 e. The lowest BCUT2D eigenvalue weighted by Crippen LogP contribution is -2.30. The Labute approximate surface area is 239 Å². The average Bonchev–Trinajstić information content (AvgIpc) is 3.61. The van der Waals surface area contributed by atoms with Crippen LogP contribution in [0.3, 0.4) is 0 Å². The van der Waals surface area contributed by atoms with E-state index in [0.29, 0.717) is 51.8 Å². The number of carbonyl (C=O) groups excluding carboxylic acids is 1. The maximum Gasteiger partial charge on any atom is 0.224 e. The normalized spacial score (nSPS) is 14.0. The molecule has 1 aliphatic rings. The molecule has 0 bridgehead atoms. The molecule has 0 aliphatic carbocycles. The highest BCUT2D eigenvalue weighted by Gasteiger charge is 2.19. The summed E-state index contributed by atoms with van der Waals surface area (Å²) in [6.45, 7) is 1.91. The maximum absolute atomic E-state index is 14.0. The molecule has 0 atom stereocenters. The van der Waals surface area contributed by atoms with Gasteiger partial charge in [0, 0.05) is 41.4 Å². The molecule has 1 saturated heterocycles. The molecule has 5 N–H and O–H groups in total. The van der Waals surface area contributed by atoms with Gasteiger partial charge < -0.3 is 20.7 Å². The summed E-state index contributed by atoms with van der Waals surface area (Å²) >= 11 is 0. The molecule has 1 aliphatic heterocycles. The highest BCUT2D eigenvalue weighted by Crippen LogP contribution is 2.34. The quantitative estimate of drug-likeness (QED) is 0.183. The monoisotopic (exact) mass is 562 g/mol. The van der Waals surface area contributed by atoms with Gasteiger partial charge in [0.25, 0.3) is 0 Å². The number of halogens is 1. The summed E-state index contributed by atoms with van der Waals surface area (Å²) in [4.78, 5) is 29.4. The van der Waals surface area contributed by atoms with Gasteiger partial charge in [-0.2, -0.15) is 5.10 Å². The minimum atomic E-state index is -0.545. The summed E-state index contributed by atoms with van der Waals surface area (Å²) < 4.78 is 14.0. The van der Waals surface area contributed by atoms with Gasteiger partial charge in [0.15, 0.2) is 11.5 Å². The minimum Gasteiger partial charge on any atom is -0.508 e. The number of hydrogen-bond acceptors (Lipinski definition) is 7. The predicted molar refractivity (Wildman–Crippen MR) is 158 cm³/mol. The number of aromatic hydroxyl groups is 1. The van der Waals surface area contributed by atoms with E-state index < -0.39 is 5.82 Å². The van der Waals surface area contributed by atoms with Crippen LogP contribution in [0.5, 0.6) is 5.75 Å². The molecule has 0 spiro atoms. The number of anilines is 1. The number of amides is 1. The predicted octanol–water partition coefficient (Wildman–Crippen LogP) is 5.40. The van der Waals surface area contributed by atoms with Crippen LogP contribution in [0.1, 0.15) is 19.3 Å². The van der Waals surface area contributed by atoms with Crippen molar-refractivity contribution in [3.63, 3.8) is 0 Å². The zero-order valence-electron chi connectivity index (χ0n) is 22.5. The van der Waals surface area contributed by atoms with Crippen LogP contribution in [0, 0.1) is 11.7 Å². The molecule has 7 rings (SSSR count). The third kappa shape index (κ3) is 5.06. The molecule has 11 heteroatoms. The second-order valence-corrected chi connectivity index (χ2v) is 10.6. The largest absolute Gasteiger partial charge is 0.508 e. The summed E-state index contributed by atoms with van der Waals surface area (Å²) in [7, 11) is 0. The number of imidazole rings is 1. The first-order valence-electron chi connectivity index (χ1n) is 13.8. The van der Waals surface area contributed by atoms with Crippen LogP contribution >= 0.6 is 0 Å². The van der Waals surface area contributed by atoms with E-state index in [1.807, 2.05) is 24.3 Å². The highest BCUT2D eigenvalue weighted by atomic mass is 19.1. The number of pyridine rings is 2. The van der Waals surface area contributed by atoms with Gasteiger partial charge in [-0.3, -0.25) is 14.9 Å². The number of phenolic OH excluding ortho intramolecular Hbond substituents is 1. The van der Waals surface area contributed by atoms with Gasteiger partial charge in [-0.05, 0) is 79.4 Å². The van der Waals surface area contributed by atoms with Crippen LogP contribution in [0.15, 0.2) is 67.1 Å². The van der Waals surface area contributed by atoms with Crippen molar-refractivity contribution in [3.8, 4) is 39.5 Å². The van der Waals surface area contributed by atoms with E-state index >= 15 is 0 Å². The van der Waals surface area contributed by atoms with Gasteiger partial charge >= 0.3 is 0 Å². The number of fused-ring (bicyclic) bond motifs is 2. The fourth-order valence-electron chi connectivity index (χ4n) is 5.59. The Hall–Kier alpha value is -5.16. The van der Waals surface area contributed by atoms with Gasteiger partial charge in [-0.1, -0.05) is 6.07 Å². The van der Waals surface area contributed by atoms with Crippen molar-refractivity contribution in [3.05, 3.63) is 72.9 Å². The molecular weight excluding hydrogens is 535 g/mol. The zero-order chi connectivity index (χ0) is 28.6. The van der Waals surface area contributed by atoms with Gasteiger partial charge in [0.2, 0.25) is 5.91 Å². The molecule has 4 aromatic heterocycles. The standard InChI is InChI=1S/C31H27FN8O2/c32-21-10-19(12-23(41)14-21)24-5-8-35-30-28(24)37-31(38-30)29-25-13-18(1-2-26(25)39-40-29)20-11-22(16-34-15-20)36-27(42)9-17-3-6-33-7-4-17/h1-2,5,8,10-17,33,41H,3-4,6-7,9H2,(H,36,42)(H,39,40)(H,35,37,38). The van der Waals surface area contributed by atoms with Crippen LogP contribution in [0.2, 0.25) is 0 Å². The molecule has 1 fully saturated rings. The number of H-pyrrole nitrogens is 2. The number of rotatable bonds is 6. The maximum atomic E-state index is 14.0. The number of carbonyl (C=O) groups is 1. The number of nitrogens with zero attached hydrogens (tertiary/aromatic N) is 4. The first kappa shape index (κ1) is 25.8. The van der Waals surface area contributed by atoms with Crippen molar-refractivity contribution in [2.45, 2.75) is 19.3 Å². The van der Waals surface area contributed by atoms with E-state index in [4.69, 9.17) is 4.98 Å². The third-order valence-electron chi connectivity index (χ3n) is 7.65. The van der Waals surface area contributed by atoms with Crippen molar-refractivity contribution < 1.29 is 14.3 Å². The van der Waals surface area contributed by atoms with Crippen molar-refractivity contribution in [2.24, 2.45) is 5.92 Å². The Bertz CT molecular complexity index is 1920. The van der Waals surface area contributed by atoms with Gasteiger partial charge in [0.1, 0.15) is 22.8 Å². The van der Waals surface area contributed by atoms with Crippen LogP contribution in [-0.4, -0.2) is 54.2 Å². The number of aromatic nitrogens is 6. The summed E-state index contributed by atoms with van der Waals surface area (Å²) in [6.07, 6.45) is 7.54. The SMILES string of the molecule is O=C(CC1CCNCC1)Nc1cncc(-c2ccc3[nH]nc(-c4nc5c(-c6cc(O)cc(F)c6)ccnc5[nH]4)c3c2)c1. The first-order valence-corrected chi connectivity index (χ1v) is 13.8. The van der Waals surface area contributed by atoms with E-state index in [9.17, 15) is 14.3 Å². The Morgan fingerprint density at radius 3 is 2.76 bits per heavy atom. The third-order valence-corrected chi connectivity index (χ3v) is 7.65. The van der Waals surface area contributed by atoms with Crippen LogP contribution in [0.25, 0.3) is 55.8 Å². The second kappa shape index (κ2) is 10.7. The molecule has 10 nitrogen and oxygen atoms in total. The summed E-state index contributed by atoms with van der Waals surface area (Å²) in [6, 6.07) is 13.4. The zero-order valence-corrected chi connectivity index (χ0v) is 22.5. The van der Waals surface area contributed by atoms with Crippen molar-refractivity contribution in [1.82, 2.24) is 35.5 Å². The fourth-order valence-corrected chi connectivity index (χ4v) is 5.59. The van der Waals surface area contributed by atoms with E-state index in [2.05, 4.69) is 35.8 Å². The fraction of sp³-hybridized carbons (Fsp3) is 0.194. The number of benzene rings is 2. The van der Waals surface area contributed by atoms with E-state index in [1.54, 1.807) is 24.7 Å². The molecular formula is C31H27FN8O2. The first-order chi connectivity index (χ1) is 20.5.